The third-order valence-corrected chi connectivity index (χ3v) is 4.18. The van der Waals surface area contributed by atoms with Crippen LogP contribution in [0.2, 0.25) is 0 Å². The van der Waals surface area contributed by atoms with Crippen molar-refractivity contribution in [3.05, 3.63) is 41.0 Å². The fourth-order valence-corrected chi connectivity index (χ4v) is 3.00. The van der Waals surface area contributed by atoms with Crippen LogP contribution in [0.5, 0.6) is 0 Å². The van der Waals surface area contributed by atoms with Crippen LogP contribution in [0, 0.1) is 0 Å². The van der Waals surface area contributed by atoms with E-state index < -0.39 is 0 Å². The van der Waals surface area contributed by atoms with Crippen LogP contribution in [-0.4, -0.2) is 24.7 Å². The zero-order valence-electron chi connectivity index (χ0n) is 12.3. The molecular weight excluding hydrogens is 268 g/mol. The van der Waals surface area contributed by atoms with Crippen LogP contribution < -0.4 is 5.32 Å². The second-order valence-corrected chi connectivity index (χ2v) is 6.11. The van der Waals surface area contributed by atoms with Crippen molar-refractivity contribution < 1.29 is 4.74 Å². The second kappa shape index (κ2) is 7.53. The Hall–Kier alpha value is -1.23. The summed E-state index contributed by atoms with van der Waals surface area (Å²) < 4.78 is 5.15. The van der Waals surface area contributed by atoms with Crippen LogP contribution in [0.4, 0.5) is 0 Å². The first-order chi connectivity index (χ1) is 9.70. The summed E-state index contributed by atoms with van der Waals surface area (Å²) in [5.74, 6) is 0. The fraction of sp³-hybridized carbons (Fsp3) is 0.438. The third kappa shape index (κ3) is 4.13. The Bertz CT molecular complexity index is 523. The molecule has 1 aromatic heterocycles. The molecule has 4 heteroatoms. The van der Waals surface area contributed by atoms with Gasteiger partial charge < -0.3 is 10.1 Å². The van der Waals surface area contributed by atoms with E-state index in [4.69, 9.17) is 9.72 Å². The lowest BCUT2D eigenvalue weighted by Gasteiger charge is -2.07. The van der Waals surface area contributed by atoms with Crippen molar-refractivity contribution in [1.29, 1.82) is 0 Å². The number of hydrogen-bond acceptors (Lipinski definition) is 4. The Morgan fingerprint density at radius 3 is 2.65 bits per heavy atom. The van der Waals surface area contributed by atoms with Gasteiger partial charge in [-0.25, -0.2) is 4.98 Å². The van der Waals surface area contributed by atoms with E-state index in [0.717, 1.165) is 30.3 Å². The zero-order valence-corrected chi connectivity index (χ0v) is 13.2. The molecule has 1 aromatic carbocycles. The summed E-state index contributed by atoms with van der Waals surface area (Å²) in [5.41, 5.74) is 2.38. The molecule has 2 aromatic rings. The van der Waals surface area contributed by atoms with Crippen molar-refractivity contribution in [1.82, 2.24) is 10.3 Å². The molecule has 0 atom stereocenters. The molecule has 0 fully saturated rings. The van der Waals surface area contributed by atoms with Gasteiger partial charge in [0.1, 0.15) is 0 Å². The van der Waals surface area contributed by atoms with Crippen molar-refractivity contribution in [2.75, 3.05) is 13.7 Å². The lowest BCUT2D eigenvalue weighted by molar-refractivity contribution is 0.202. The van der Waals surface area contributed by atoms with Crippen molar-refractivity contribution in [2.24, 2.45) is 0 Å². The highest BCUT2D eigenvalue weighted by Crippen LogP contribution is 2.30. The number of thiazole rings is 1. The molecule has 0 saturated carbocycles. The predicted molar refractivity (Wildman–Crippen MR) is 85.1 cm³/mol. The van der Waals surface area contributed by atoms with Gasteiger partial charge in [0.2, 0.25) is 0 Å². The Balaban J connectivity index is 2.24. The average Bonchev–Trinajstić information content (AvgIpc) is 2.87. The van der Waals surface area contributed by atoms with Gasteiger partial charge in [-0.2, -0.15) is 0 Å². The van der Waals surface area contributed by atoms with E-state index in [9.17, 15) is 0 Å². The van der Waals surface area contributed by atoms with E-state index in [1.165, 1.54) is 10.4 Å². The zero-order chi connectivity index (χ0) is 14.4. The lowest BCUT2D eigenvalue weighted by Crippen LogP contribution is -2.22. The topological polar surface area (TPSA) is 34.1 Å². The van der Waals surface area contributed by atoms with E-state index >= 15 is 0 Å². The molecule has 0 aliphatic rings. The quantitative estimate of drug-likeness (QED) is 0.847. The van der Waals surface area contributed by atoms with Crippen LogP contribution in [0.3, 0.4) is 0 Å². The first kappa shape index (κ1) is 15.2. The Kier molecular flexibility index (Phi) is 5.71. The minimum Gasteiger partial charge on any atom is -0.384 e. The molecule has 108 valence electrons. The van der Waals surface area contributed by atoms with Crippen LogP contribution in [0.15, 0.2) is 30.3 Å². The molecule has 1 N–H and O–H groups in total. The molecule has 3 nitrogen and oxygen atoms in total. The van der Waals surface area contributed by atoms with E-state index in [1.807, 2.05) is 6.07 Å². The maximum absolute atomic E-state index is 5.15. The highest BCUT2D eigenvalue weighted by atomic mass is 32.1. The number of nitrogens with one attached hydrogen (secondary N) is 1. The van der Waals surface area contributed by atoms with E-state index in [-0.39, 0.29) is 0 Å². The van der Waals surface area contributed by atoms with Crippen LogP contribution in [-0.2, 0) is 17.7 Å². The molecule has 0 spiro atoms. The minimum atomic E-state index is 0.461. The van der Waals surface area contributed by atoms with Gasteiger partial charge in [0.05, 0.1) is 22.2 Å². The SMILES string of the molecule is COCCc1nc(CNC(C)C)c(-c2ccccc2)s1. The predicted octanol–water partition coefficient (Wildman–Crippen LogP) is 3.50. The van der Waals surface area contributed by atoms with Crippen LogP contribution in [0.1, 0.15) is 24.5 Å². The molecule has 20 heavy (non-hydrogen) atoms. The number of methoxy groups -OCH3 is 1. The highest BCUT2D eigenvalue weighted by molar-refractivity contribution is 7.15. The Morgan fingerprint density at radius 1 is 1.25 bits per heavy atom. The van der Waals surface area contributed by atoms with E-state index in [0.29, 0.717) is 6.04 Å². The van der Waals surface area contributed by atoms with Gasteiger partial charge in [0, 0.05) is 26.1 Å². The summed E-state index contributed by atoms with van der Waals surface area (Å²) >= 11 is 1.77. The normalized spacial score (nSPS) is 11.2. The fourth-order valence-electron chi connectivity index (χ4n) is 1.93. The number of benzene rings is 1. The number of ether oxygens (including phenoxy) is 1. The highest BCUT2D eigenvalue weighted by Gasteiger charge is 2.13. The standard InChI is InChI=1S/C16H22N2OS/c1-12(2)17-11-14-16(13-7-5-4-6-8-13)20-15(18-14)9-10-19-3/h4-8,12,17H,9-11H2,1-3H3. The van der Waals surface area contributed by atoms with Gasteiger partial charge in [-0.05, 0) is 5.56 Å². The smallest absolute Gasteiger partial charge is 0.0958 e. The molecule has 1 heterocycles. The molecule has 2 rings (SSSR count). The minimum absolute atomic E-state index is 0.461. The van der Waals surface area contributed by atoms with E-state index in [1.54, 1.807) is 18.4 Å². The summed E-state index contributed by atoms with van der Waals surface area (Å²) in [4.78, 5) is 6.04. The van der Waals surface area contributed by atoms with Gasteiger partial charge in [0.15, 0.2) is 0 Å². The van der Waals surface area contributed by atoms with Gasteiger partial charge >= 0.3 is 0 Å². The number of rotatable bonds is 7. The summed E-state index contributed by atoms with van der Waals surface area (Å²) in [7, 11) is 1.73. The van der Waals surface area contributed by atoms with Crippen molar-refractivity contribution >= 4 is 11.3 Å². The average molecular weight is 290 g/mol. The summed E-state index contributed by atoms with van der Waals surface area (Å²) in [6.07, 6.45) is 0.878. The van der Waals surface area contributed by atoms with Gasteiger partial charge in [-0.3, -0.25) is 0 Å². The number of aromatic nitrogens is 1. The third-order valence-electron chi connectivity index (χ3n) is 2.98. The lowest BCUT2D eigenvalue weighted by atomic mass is 10.1. The van der Waals surface area contributed by atoms with Crippen molar-refractivity contribution in [3.8, 4) is 10.4 Å². The van der Waals surface area contributed by atoms with Gasteiger partial charge in [-0.1, -0.05) is 44.2 Å². The number of hydrogen-bond donors (Lipinski definition) is 1. The molecule has 0 radical (unpaired) electrons. The molecule has 0 aliphatic heterocycles. The molecular formula is C16H22N2OS. The molecule has 0 unspecified atom stereocenters. The van der Waals surface area contributed by atoms with Crippen molar-refractivity contribution in [3.63, 3.8) is 0 Å². The maximum atomic E-state index is 5.15. The first-order valence-electron chi connectivity index (χ1n) is 6.97. The largest absolute Gasteiger partial charge is 0.384 e. The second-order valence-electron chi connectivity index (χ2n) is 5.03. The monoisotopic (exact) mass is 290 g/mol. The molecule has 0 amide bonds. The molecule has 0 aliphatic carbocycles. The molecule has 0 saturated heterocycles. The molecule has 0 bridgehead atoms. The number of nitrogens with zero attached hydrogens (tertiary/aromatic N) is 1. The Labute approximate surface area is 125 Å². The van der Waals surface area contributed by atoms with Crippen molar-refractivity contribution in [2.45, 2.75) is 32.9 Å². The van der Waals surface area contributed by atoms with Crippen LogP contribution in [0.25, 0.3) is 10.4 Å². The van der Waals surface area contributed by atoms with E-state index in [2.05, 4.69) is 43.4 Å². The summed E-state index contributed by atoms with van der Waals surface area (Å²) in [6.45, 7) is 5.84. The maximum Gasteiger partial charge on any atom is 0.0958 e. The first-order valence-corrected chi connectivity index (χ1v) is 7.78. The van der Waals surface area contributed by atoms with Gasteiger partial charge in [-0.15, -0.1) is 11.3 Å². The summed E-state index contributed by atoms with van der Waals surface area (Å²) in [5, 5.41) is 4.60. The van der Waals surface area contributed by atoms with Gasteiger partial charge in [0.25, 0.3) is 0 Å². The van der Waals surface area contributed by atoms with Crippen LogP contribution >= 0.6 is 11.3 Å². The summed E-state index contributed by atoms with van der Waals surface area (Å²) in [6, 6.07) is 10.9. The Morgan fingerprint density at radius 2 is 2.00 bits per heavy atom.